The van der Waals surface area contributed by atoms with E-state index in [-0.39, 0.29) is 16.9 Å². The van der Waals surface area contributed by atoms with E-state index >= 15 is 0 Å². The predicted octanol–water partition coefficient (Wildman–Crippen LogP) is 4.69. The molecule has 4 rings (SSSR count). The lowest BCUT2D eigenvalue weighted by molar-refractivity contribution is -0.121. The van der Waals surface area contributed by atoms with Crippen molar-refractivity contribution in [3.8, 4) is 0 Å². The summed E-state index contributed by atoms with van der Waals surface area (Å²) in [5.74, 6) is 1.18. The van der Waals surface area contributed by atoms with E-state index in [0.29, 0.717) is 31.1 Å². The van der Waals surface area contributed by atoms with Crippen LogP contribution in [0.1, 0.15) is 61.0 Å². The van der Waals surface area contributed by atoms with Gasteiger partial charge < -0.3 is 10.3 Å². The van der Waals surface area contributed by atoms with E-state index in [4.69, 9.17) is 4.98 Å². The number of rotatable bonds is 5. The number of thiophene rings is 1. The van der Waals surface area contributed by atoms with Gasteiger partial charge in [0.1, 0.15) is 10.7 Å². The molecule has 0 unspecified atom stereocenters. The number of amides is 1. The number of H-pyrrole nitrogens is 1. The molecule has 2 N–H and O–H groups in total. The van der Waals surface area contributed by atoms with Crippen molar-refractivity contribution in [2.24, 2.45) is 11.3 Å². The number of hydrogen-bond acceptors (Lipinski definition) is 4. The second kappa shape index (κ2) is 8.58. The summed E-state index contributed by atoms with van der Waals surface area (Å²) in [5, 5.41) is 3.73. The molecule has 0 saturated heterocycles. The molecule has 0 saturated carbocycles. The molecule has 31 heavy (non-hydrogen) atoms. The van der Waals surface area contributed by atoms with E-state index in [9.17, 15) is 9.59 Å². The van der Waals surface area contributed by atoms with E-state index in [1.165, 1.54) is 10.4 Å². The molecule has 1 aliphatic carbocycles. The van der Waals surface area contributed by atoms with Crippen molar-refractivity contribution in [1.29, 1.82) is 0 Å². The second-order valence-corrected chi connectivity index (χ2v) is 10.8. The van der Waals surface area contributed by atoms with E-state index in [1.807, 2.05) is 31.2 Å². The largest absolute Gasteiger partial charge is 0.352 e. The highest BCUT2D eigenvalue weighted by Gasteiger charge is 2.31. The number of carbonyl (C=O) groups is 1. The Morgan fingerprint density at radius 3 is 2.81 bits per heavy atom. The van der Waals surface area contributed by atoms with Gasteiger partial charge in [-0.15, -0.1) is 11.3 Å². The summed E-state index contributed by atoms with van der Waals surface area (Å²) in [6.45, 7) is 9.44. The van der Waals surface area contributed by atoms with Gasteiger partial charge in [-0.1, -0.05) is 45.0 Å². The Morgan fingerprint density at radius 2 is 2.06 bits per heavy atom. The molecule has 3 aromatic rings. The van der Waals surface area contributed by atoms with Crippen LogP contribution < -0.4 is 10.9 Å². The minimum Gasteiger partial charge on any atom is -0.352 e. The third kappa shape index (κ3) is 4.74. The quantitative estimate of drug-likeness (QED) is 0.608. The van der Waals surface area contributed by atoms with Crippen LogP contribution in [0.25, 0.3) is 10.2 Å². The summed E-state index contributed by atoms with van der Waals surface area (Å²) in [6, 6.07) is 8.02. The molecule has 1 amide bonds. The van der Waals surface area contributed by atoms with Gasteiger partial charge in [0.2, 0.25) is 5.91 Å². The number of benzene rings is 1. The van der Waals surface area contributed by atoms with Crippen LogP contribution >= 0.6 is 11.3 Å². The topological polar surface area (TPSA) is 74.8 Å². The predicted molar refractivity (Wildman–Crippen MR) is 127 cm³/mol. The molecule has 6 heteroatoms. The van der Waals surface area contributed by atoms with Gasteiger partial charge >= 0.3 is 0 Å². The molecular formula is C25H31N3O2S. The standard InChI is InChI=1S/C25H31N3O2S/c1-15-7-5-6-8-16(15)14-26-21(29)12-11-20-27-23(30)22-18-10-9-17(25(2,3)4)13-19(18)31-24(22)28-20/h5-8,17H,9-14H2,1-4H3,(H,26,29)(H,27,28,30)/t17-/m1/s1. The number of hydrogen-bond donors (Lipinski definition) is 2. The smallest absolute Gasteiger partial charge is 0.259 e. The molecule has 0 spiro atoms. The molecule has 0 bridgehead atoms. The lowest BCUT2D eigenvalue weighted by atomic mass is 9.72. The van der Waals surface area contributed by atoms with Crippen molar-refractivity contribution in [2.45, 2.75) is 66.3 Å². The minimum absolute atomic E-state index is 0.0375. The number of aromatic nitrogens is 2. The number of nitrogens with zero attached hydrogens (tertiary/aromatic N) is 1. The summed E-state index contributed by atoms with van der Waals surface area (Å²) in [7, 11) is 0. The zero-order chi connectivity index (χ0) is 22.2. The summed E-state index contributed by atoms with van der Waals surface area (Å²) < 4.78 is 0. The molecule has 2 aromatic heterocycles. The van der Waals surface area contributed by atoms with Gasteiger partial charge in [-0.25, -0.2) is 4.98 Å². The molecule has 1 aromatic carbocycles. The molecule has 1 aliphatic rings. The van der Waals surface area contributed by atoms with Crippen LogP contribution in [-0.2, 0) is 30.6 Å². The third-order valence-corrected chi connectivity index (χ3v) is 7.67. The van der Waals surface area contributed by atoms with Gasteiger partial charge in [0.25, 0.3) is 5.56 Å². The Hall–Kier alpha value is -2.47. The van der Waals surface area contributed by atoms with Crippen molar-refractivity contribution in [2.75, 3.05) is 0 Å². The molecule has 0 aliphatic heterocycles. The van der Waals surface area contributed by atoms with Crippen LogP contribution in [0.15, 0.2) is 29.1 Å². The van der Waals surface area contributed by atoms with Crippen LogP contribution in [0.2, 0.25) is 0 Å². The number of nitrogens with one attached hydrogen (secondary N) is 2. The van der Waals surface area contributed by atoms with Crippen molar-refractivity contribution in [3.63, 3.8) is 0 Å². The first-order valence-electron chi connectivity index (χ1n) is 11.1. The molecule has 2 heterocycles. The van der Waals surface area contributed by atoms with E-state index in [0.717, 1.165) is 40.6 Å². The normalized spacial score (nSPS) is 16.3. The number of aromatic amines is 1. The van der Waals surface area contributed by atoms with Crippen molar-refractivity contribution in [3.05, 3.63) is 62.0 Å². The number of aryl methyl sites for hydroxylation is 3. The van der Waals surface area contributed by atoms with Gasteiger partial charge in [0.15, 0.2) is 0 Å². The molecule has 1 atom stereocenters. The summed E-state index contributed by atoms with van der Waals surface area (Å²) in [4.78, 5) is 34.9. The highest BCUT2D eigenvalue weighted by atomic mass is 32.1. The maximum absolute atomic E-state index is 12.8. The molecule has 0 radical (unpaired) electrons. The first-order chi connectivity index (χ1) is 14.7. The van der Waals surface area contributed by atoms with Crippen molar-refractivity contribution >= 4 is 27.5 Å². The highest BCUT2D eigenvalue weighted by Crippen LogP contribution is 2.41. The van der Waals surface area contributed by atoms with Crippen LogP contribution in [0.5, 0.6) is 0 Å². The van der Waals surface area contributed by atoms with E-state index in [1.54, 1.807) is 11.3 Å². The maximum atomic E-state index is 12.8. The van der Waals surface area contributed by atoms with Crippen LogP contribution in [0.3, 0.4) is 0 Å². The minimum atomic E-state index is -0.0629. The van der Waals surface area contributed by atoms with Gasteiger partial charge in [-0.05, 0) is 54.2 Å². The van der Waals surface area contributed by atoms with Crippen molar-refractivity contribution in [1.82, 2.24) is 15.3 Å². The Labute approximate surface area is 187 Å². The highest BCUT2D eigenvalue weighted by molar-refractivity contribution is 7.18. The van der Waals surface area contributed by atoms with Gasteiger partial charge in [-0.2, -0.15) is 0 Å². The monoisotopic (exact) mass is 437 g/mol. The molecular weight excluding hydrogens is 406 g/mol. The Bertz CT molecular complexity index is 1170. The fourth-order valence-corrected chi connectivity index (χ4v) is 5.73. The number of carbonyl (C=O) groups excluding carboxylic acids is 1. The Morgan fingerprint density at radius 1 is 1.29 bits per heavy atom. The van der Waals surface area contributed by atoms with Gasteiger partial charge in [0, 0.05) is 24.3 Å². The van der Waals surface area contributed by atoms with Crippen LogP contribution in [-0.4, -0.2) is 15.9 Å². The molecule has 5 nitrogen and oxygen atoms in total. The molecule has 0 fully saturated rings. The van der Waals surface area contributed by atoms with E-state index < -0.39 is 0 Å². The zero-order valence-corrected chi connectivity index (χ0v) is 19.6. The van der Waals surface area contributed by atoms with Crippen LogP contribution in [0, 0.1) is 18.3 Å². The van der Waals surface area contributed by atoms with Crippen LogP contribution in [0.4, 0.5) is 0 Å². The average Bonchev–Trinajstić information content (AvgIpc) is 3.09. The summed E-state index contributed by atoms with van der Waals surface area (Å²) in [5.41, 5.74) is 3.67. The first kappa shape index (κ1) is 21.8. The van der Waals surface area contributed by atoms with Gasteiger partial charge in [0.05, 0.1) is 5.39 Å². The SMILES string of the molecule is Cc1ccccc1CNC(=O)CCc1nc2sc3c(c2c(=O)[nH]1)CC[C@@H](C(C)(C)C)C3. The fourth-order valence-electron chi connectivity index (χ4n) is 4.41. The van der Waals surface area contributed by atoms with Crippen molar-refractivity contribution < 1.29 is 4.79 Å². The van der Waals surface area contributed by atoms with Gasteiger partial charge in [-0.3, -0.25) is 9.59 Å². The lowest BCUT2D eigenvalue weighted by Crippen LogP contribution is -2.26. The lowest BCUT2D eigenvalue weighted by Gasteiger charge is -2.33. The molecule has 164 valence electrons. The Balaban J connectivity index is 1.44. The maximum Gasteiger partial charge on any atom is 0.259 e. The average molecular weight is 438 g/mol. The second-order valence-electron chi connectivity index (χ2n) is 9.71. The summed E-state index contributed by atoms with van der Waals surface area (Å²) in [6.07, 6.45) is 3.82. The third-order valence-electron chi connectivity index (χ3n) is 6.52. The fraction of sp³-hybridized carbons (Fsp3) is 0.480. The number of fused-ring (bicyclic) bond motifs is 3. The summed E-state index contributed by atoms with van der Waals surface area (Å²) >= 11 is 1.66. The zero-order valence-electron chi connectivity index (χ0n) is 18.8. The van der Waals surface area contributed by atoms with E-state index in [2.05, 4.69) is 31.1 Å². The first-order valence-corrected chi connectivity index (χ1v) is 11.9. The Kier molecular flexibility index (Phi) is 6.02.